The molecule has 1 aliphatic heterocycles. The molecule has 236 valence electrons. The van der Waals surface area contributed by atoms with Crippen molar-refractivity contribution >= 4 is 34.8 Å². The highest BCUT2D eigenvalue weighted by Gasteiger charge is 2.27. The smallest absolute Gasteiger partial charge is 0.288 e. The Morgan fingerprint density at radius 3 is 2.59 bits per heavy atom. The number of nitrogens with zero attached hydrogens (tertiary/aromatic N) is 9. The summed E-state index contributed by atoms with van der Waals surface area (Å²) in [5, 5.41) is 21.9. The van der Waals surface area contributed by atoms with Gasteiger partial charge in [-0.25, -0.2) is 24.6 Å². The Hall–Kier alpha value is -5.67. The molecule has 0 bridgehead atoms. The van der Waals surface area contributed by atoms with E-state index in [2.05, 4.69) is 41.1 Å². The van der Waals surface area contributed by atoms with Gasteiger partial charge in [0.1, 0.15) is 18.0 Å². The minimum absolute atomic E-state index is 0.237. The number of aromatic nitrogens is 7. The molecule has 0 aliphatic carbocycles. The average Bonchev–Trinajstić information content (AvgIpc) is 3.78. The zero-order chi connectivity index (χ0) is 32.0. The lowest BCUT2D eigenvalue weighted by atomic mass is 10.1. The number of rotatable bonds is 10. The molecule has 1 aromatic carbocycles. The van der Waals surface area contributed by atoms with Crippen LogP contribution in [-0.2, 0) is 4.74 Å². The monoisotopic (exact) mass is 622 g/mol. The van der Waals surface area contributed by atoms with Crippen molar-refractivity contribution in [1.29, 1.82) is 0 Å². The summed E-state index contributed by atoms with van der Waals surface area (Å²) in [6.07, 6.45) is 6.38. The summed E-state index contributed by atoms with van der Waals surface area (Å²) >= 11 is 0. The fourth-order valence-corrected chi connectivity index (χ4v) is 4.98. The molecular formula is C31H34N12O3. The summed E-state index contributed by atoms with van der Waals surface area (Å²) in [5.74, 6) is 1.62. The van der Waals surface area contributed by atoms with Crippen LogP contribution in [-0.4, -0.2) is 96.2 Å². The normalized spacial score (nSPS) is 13.3. The molecular weight excluding hydrogens is 588 g/mol. The molecule has 1 fully saturated rings. The van der Waals surface area contributed by atoms with Gasteiger partial charge in [0.05, 0.1) is 18.8 Å². The largest absolute Gasteiger partial charge is 0.379 e. The number of pyridine rings is 1. The van der Waals surface area contributed by atoms with Crippen LogP contribution < -0.4 is 16.0 Å². The lowest BCUT2D eigenvalue weighted by Gasteiger charge is -2.36. The van der Waals surface area contributed by atoms with Crippen molar-refractivity contribution < 1.29 is 14.3 Å². The summed E-state index contributed by atoms with van der Waals surface area (Å²) in [4.78, 5) is 39.8. The van der Waals surface area contributed by atoms with Crippen molar-refractivity contribution in [2.45, 2.75) is 13.8 Å². The average molecular weight is 623 g/mol. The number of hydrogen-bond acceptors (Lipinski definition) is 11. The summed E-state index contributed by atoms with van der Waals surface area (Å²) < 4.78 is 8.66. The first kappa shape index (κ1) is 30.4. The predicted octanol–water partition coefficient (Wildman–Crippen LogP) is 3.30. The van der Waals surface area contributed by atoms with E-state index in [1.165, 1.54) is 12.5 Å². The minimum atomic E-state index is -0.310. The number of nitrogens with one attached hydrogen (secondary N) is 3. The van der Waals surface area contributed by atoms with Gasteiger partial charge in [-0.3, -0.25) is 14.6 Å². The number of morpholine rings is 1. The number of hydrazine groups is 1. The molecule has 4 aromatic heterocycles. The van der Waals surface area contributed by atoms with Gasteiger partial charge in [-0.15, -0.1) is 0 Å². The molecule has 0 radical (unpaired) electrons. The number of aryl methyl sites for hydroxylation is 1. The van der Waals surface area contributed by atoms with E-state index in [-0.39, 0.29) is 17.5 Å². The number of ether oxygens (including phenoxy) is 1. The zero-order valence-electron chi connectivity index (χ0n) is 25.7. The maximum Gasteiger partial charge on any atom is 0.288 e. The molecule has 1 saturated heterocycles. The highest BCUT2D eigenvalue weighted by Crippen LogP contribution is 2.27. The van der Waals surface area contributed by atoms with E-state index >= 15 is 0 Å². The van der Waals surface area contributed by atoms with Crippen LogP contribution in [0.2, 0.25) is 0 Å². The van der Waals surface area contributed by atoms with Gasteiger partial charge in [0, 0.05) is 68.8 Å². The molecule has 0 atom stereocenters. The highest BCUT2D eigenvalue weighted by molar-refractivity contribution is 6.04. The molecule has 1 aliphatic rings. The van der Waals surface area contributed by atoms with Gasteiger partial charge < -0.3 is 20.7 Å². The van der Waals surface area contributed by atoms with Gasteiger partial charge in [0.15, 0.2) is 17.3 Å². The zero-order valence-corrected chi connectivity index (χ0v) is 25.7. The van der Waals surface area contributed by atoms with Crippen LogP contribution in [0.15, 0.2) is 73.4 Å². The Kier molecular flexibility index (Phi) is 8.94. The van der Waals surface area contributed by atoms with Gasteiger partial charge in [-0.05, 0) is 49.7 Å². The Balaban J connectivity index is 1.27. The van der Waals surface area contributed by atoms with Crippen LogP contribution in [0.5, 0.6) is 0 Å². The van der Waals surface area contributed by atoms with Crippen molar-refractivity contribution in [2.24, 2.45) is 0 Å². The first-order valence-electron chi connectivity index (χ1n) is 14.8. The maximum atomic E-state index is 13.7. The molecule has 6 rings (SSSR count). The Bertz CT molecular complexity index is 1820. The number of anilines is 4. The maximum absolute atomic E-state index is 13.7. The summed E-state index contributed by atoms with van der Waals surface area (Å²) in [6, 6.07) is 14.2. The summed E-state index contributed by atoms with van der Waals surface area (Å²) in [5.41, 5.74) is 2.82. The van der Waals surface area contributed by atoms with Crippen LogP contribution in [0.3, 0.4) is 0 Å². The third kappa shape index (κ3) is 6.55. The predicted molar refractivity (Wildman–Crippen MR) is 172 cm³/mol. The van der Waals surface area contributed by atoms with E-state index in [0.29, 0.717) is 73.1 Å². The topological polar surface area (TPSA) is 160 Å². The molecule has 0 unspecified atom stereocenters. The Morgan fingerprint density at radius 2 is 1.87 bits per heavy atom. The van der Waals surface area contributed by atoms with E-state index in [4.69, 9.17) is 4.74 Å². The Morgan fingerprint density at radius 1 is 1.02 bits per heavy atom. The van der Waals surface area contributed by atoms with Crippen molar-refractivity contribution in [3.63, 3.8) is 0 Å². The number of carbonyl (C=O) groups is 2. The van der Waals surface area contributed by atoms with E-state index < -0.39 is 0 Å². The second kappa shape index (κ2) is 13.5. The molecule has 5 heterocycles. The van der Waals surface area contributed by atoms with Gasteiger partial charge in [-0.1, -0.05) is 6.07 Å². The van der Waals surface area contributed by atoms with Gasteiger partial charge >= 0.3 is 0 Å². The van der Waals surface area contributed by atoms with Gasteiger partial charge in [0.2, 0.25) is 0 Å². The molecule has 3 N–H and O–H groups in total. The third-order valence-electron chi connectivity index (χ3n) is 7.42. The van der Waals surface area contributed by atoms with Crippen LogP contribution in [0, 0.1) is 6.92 Å². The van der Waals surface area contributed by atoms with E-state index in [1.807, 2.05) is 37.1 Å². The second-order valence-corrected chi connectivity index (χ2v) is 10.4. The lowest BCUT2D eigenvalue weighted by Crippen LogP contribution is -2.51. The van der Waals surface area contributed by atoms with Gasteiger partial charge in [-0.2, -0.15) is 14.9 Å². The molecule has 15 nitrogen and oxygen atoms in total. The number of amides is 2. The van der Waals surface area contributed by atoms with Crippen molar-refractivity contribution in [3.05, 3.63) is 90.3 Å². The van der Waals surface area contributed by atoms with E-state index in [9.17, 15) is 9.59 Å². The Labute approximate surface area is 265 Å². The highest BCUT2D eigenvalue weighted by atomic mass is 16.5. The lowest BCUT2D eigenvalue weighted by molar-refractivity contribution is -0.0678. The number of carbonyl (C=O) groups excluding carboxylic acids is 2. The van der Waals surface area contributed by atoms with Crippen molar-refractivity contribution in [2.75, 3.05) is 55.8 Å². The number of benzene rings is 1. The van der Waals surface area contributed by atoms with E-state index in [1.54, 1.807) is 64.1 Å². The third-order valence-corrected chi connectivity index (χ3v) is 7.42. The van der Waals surface area contributed by atoms with Crippen LogP contribution >= 0.6 is 0 Å². The van der Waals surface area contributed by atoms with Crippen LogP contribution in [0.25, 0.3) is 11.6 Å². The summed E-state index contributed by atoms with van der Waals surface area (Å²) in [7, 11) is 1.76. The molecule has 15 heteroatoms. The van der Waals surface area contributed by atoms with Crippen LogP contribution in [0.4, 0.5) is 23.0 Å². The second-order valence-electron chi connectivity index (χ2n) is 10.4. The number of hydrogen-bond donors (Lipinski definition) is 3. The fraction of sp³-hybridized carbons (Fsp3) is 0.258. The van der Waals surface area contributed by atoms with Crippen molar-refractivity contribution in [3.8, 4) is 11.6 Å². The van der Waals surface area contributed by atoms with Crippen LogP contribution in [0.1, 0.15) is 33.3 Å². The summed E-state index contributed by atoms with van der Waals surface area (Å²) in [6.45, 7) is 6.69. The first-order chi connectivity index (χ1) is 22.4. The molecule has 2 amide bonds. The van der Waals surface area contributed by atoms with Gasteiger partial charge in [0.25, 0.3) is 11.8 Å². The SMILES string of the molecule is CCN(C(=O)c1cc(Nc2cc(NC(=O)c3ccc(-n4cccn4)nc3)ccc2C)n(-c2cc(NC)ncn2)n1)N1CCOCC1. The molecule has 46 heavy (non-hydrogen) atoms. The fourth-order valence-electron chi connectivity index (χ4n) is 4.98. The quantitative estimate of drug-likeness (QED) is 0.210. The molecule has 0 saturated carbocycles. The minimum Gasteiger partial charge on any atom is -0.379 e. The van der Waals surface area contributed by atoms with Crippen molar-refractivity contribution in [1.82, 2.24) is 44.5 Å². The van der Waals surface area contributed by atoms with E-state index in [0.717, 1.165) is 5.56 Å². The standard InChI is InChI=1S/C31H34N12O3/c1-4-42(40-12-14-46-15-13-40)31(45)25-17-29(43(39-25)28-18-26(32-3)34-20-35-28)38-24-16-23(8-6-21(24)2)37-30(44)22-7-9-27(33-19-22)41-11-5-10-36-41/h5-11,16-20,38H,4,12-15H2,1-3H3,(H,37,44)(H,32,34,35). The molecule has 5 aromatic rings. The first-order valence-corrected chi connectivity index (χ1v) is 14.8. The molecule has 0 spiro atoms.